The molecule has 262 valence electrons. The number of hydrogen-bond acceptors (Lipinski definition) is 0. The second kappa shape index (κ2) is 26.9. The predicted molar refractivity (Wildman–Crippen MR) is 175 cm³/mol. The summed E-state index contributed by atoms with van der Waals surface area (Å²) >= 11 is 0. The first kappa shape index (κ1) is 47.1. The van der Waals surface area contributed by atoms with Crippen molar-refractivity contribution in [2.24, 2.45) is 0 Å². The average molecular weight is 808 g/mol. The summed E-state index contributed by atoms with van der Waals surface area (Å²) in [6.07, 6.45) is 16.4. The fourth-order valence-electron chi connectivity index (χ4n) is 3.51. The average Bonchev–Trinajstić information content (AvgIpc) is 2.91. The fraction of sp³-hybridized carbons (Fsp3) is 0.241. The van der Waals surface area contributed by atoms with Crippen LogP contribution in [0.15, 0.2) is 115 Å². The van der Waals surface area contributed by atoms with E-state index in [4.69, 9.17) is 0 Å². The van der Waals surface area contributed by atoms with Crippen LogP contribution < -0.4 is 10.6 Å². The standard InChI is InChI=1S/C21H22P2.C8H12.3BF4.Rh/c1-4-10-18(11-5-1)16-21(23-20-14-8-3-9-15-20)17-22-19-12-6-2-7-13-19;1-2-4-6-8-7-5-3-1;3*2-1(3,4)5;/h1-15,21-23H,16-17H2;1-4H,5-8H2;;;;/q;;3*-1;+3/b;3-1-,4-2-;;;;/t21-;;;;;/m0...../s1. The summed E-state index contributed by atoms with van der Waals surface area (Å²) in [5, 5.41) is 2.95. The van der Waals surface area contributed by atoms with Gasteiger partial charge in [0.05, 0.1) is 0 Å². The Bertz CT molecular complexity index is 1100. The van der Waals surface area contributed by atoms with Crippen molar-refractivity contribution in [3.8, 4) is 0 Å². The summed E-state index contributed by atoms with van der Waals surface area (Å²) in [5.41, 5.74) is 2.18. The summed E-state index contributed by atoms with van der Waals surface area (Å²) in [5.74, 6) is 0. The molecule has 3 aromatic rings. The number of allylic oxidation sites excluding steroid dienone is 4. The zero-order valence-corrected chi connectivity index (χ0v) is 28.5. The third-order valence-corrected chi connectivity index (χ3v) is 8.50. The van der Waals surface area contributed by atoms with Crippen molar-refractivity contribution >= 4 is 49.5 Å². The van der Waals surface area contributed by atoms with Crippen molar-refractivity contribution in [3.05, 3.63) is 121 Å². The monoisotopic (exact) mass is 808 g/mol. The van der Waals surface area contributed by atoms with Gasteiger partial charge in [0.1, 0.15) is 0 Å². The van der Waals surface area contributed by atoms with Crippen LogP contribution in [0.3, 0.4) is 0 Å². The molecular weight excluding hydrogens is 774 g/mol. The van der Waals surface area contributed by atoms with Crippen LogP contribution in [0.5, 0.6) is 0 Å². The van der Waals surface area contributed by atoms with E-state index in [2.05, 4.69) is 115 Å². The van der Waals surface area contributed by atoms with Gasteiger partial charge in [0, 0.05) is 0 Å². The van der Waals surface area contributed by atoms with Gasteiger partial charge in [-0.3, -0.25) is 0 Å². The molecule has 0 aromatic heterocycles. The Balaban J connectivity index is 0. The summed E-state index contributed by atoms with van der Waals surface area (Å²) < 4.78 is 117. The van der Waals surface area contributed by atoms with E-state index in [-0.39, 0.29) is 19.5 Å². The van der Waals surface area contributed by atoms with E-state index in [1.54, 1.807) is 0 Å². The number of hydrogen-bond donors (Lipinski definition) is 0. The zero-order chi connectivity index (χ0) is 34.9. The van der Waals surface area contributed by atoms with E-state index in [0.29, 0.717) is 0 Å². The van der Waals surface area contributed by atoms with Crippen LogP contribution in [0, 0.1) is 0 Å². The largest absolute Gasteiger partial charge is 3.00 e. The molecule has 0 spiro atoms. The van der Waals surface area contributed by atoms with E-state index >= 15 is 0 Å². The third kappa shape index (κ3) is 42.0. The number of benzene rings is 3. The van der Waals surface area contributed by atoms with Gasteiger partial charge in [-0.1, -0.05) is 132 Å². The fourth-order valence-corrected chi connectivity index (χ4v) is 6.48. The van der Waals surface area contributed by atoms with Gasteiger partial charge >= 0.3 is 41.2 Å². The van der Waals surface area contributed by atoms with E-state index < -0.39 is 21.8 Å². The summed E-state index contributed by atoms with van der Waals surface area (Å²) in [7, 11) is -16.2. The van der Waals surface area contributed by atoms with Crippen LogP contribution in [0.25, 0.3) is 0 Å². The van der Waals surface area contributed by atoms with Gasteiger partial charge in [-0.15, -0.1) is 0 Å². The first-order chi connectivity index (χ1) is 21.4. The van der Waals surface area contributed by atoms with E-state index in [1.165, 1.54) is 54.4 Å². The first-order valence-electron chi connectivity index (χ1n) is 14.0. The van der Waals surface area contributed by atoms with Crippen molar-refractivity contribution in [1.82, 2.24) is 0 Å². The number of rotatable bonds is 7. The maximum Gasteiger partial charge on any atom is 3.00 e. The van der Waals surface area contributed by atoms with E-state index in [9.17, 15) is 51.8 Å². The maximum absolute atomic E-state index is 9.75. The third-order valence-electron chi connectivity index (χ3n) is 5.17. The molecule has 1 aliphatic carbocycles. The number of halogens is 12. The van der Waals surface area contributed by atoms with E-state index in [1.807, 2.05) is 0 Å². The first-order valence-corrected chi connectivity index (χ1v) is 16.3. The van der Waals surface area contributed by atoms with Crippen molar-refractivity contribution in [2.75, 3.05) is 6.16 Å². The second-order valence-electron chi connectivity index (χ2n) is 9.27. The molecule has 3 atom stereocenters. The molecule has 0 saturated heterocycles. The Hall–Kier alpha value is -2.02. The smallest absolute Gasteiger partial charge is 0.418 e. The molecule has 0 saturated carbocycles. The molecule has 1 aliphatic rings. The molecule has 0 N–H and O–H groups in total. The molecule has 2 unspecified atom stereocenters. The summed E-state index contributed by atoms with van der Waals surface area (Å²) in [6, 6.07) is 32.8. The Kier molecular flexibility index (Phi) is 26.9. The minimum atomic E-state index is -6.00. The van der Waals surface area contributed by atoms with Crippen LogP contribution in [-0.2, 0) is 25.9 Å². The summed E-state index contributed by atoms with van der Waals surface area (Å²) in [6.45, 7) is 0. The topological polar surface area (TPSA) is 0 Å². The Morgan fingerprint density at radius 3 is 1.23 bits per heavy atom. The van der Waals surface area contributed by atoms with Gasteiger partial charge in [-0.2, -0.15) is 0 Å². The molecule has 47 heavy (non-hydrogen) atoms. The Morgan fingerprint density at radius 2 is 0.851 bits per heavy atom. The van der Waals surface area contributed by atoms with Gasteiger partial charge in [-0.25, -0.2) is 0 Å². The molecular formula is C29H34B3F12P2Rh. The van der Waals surface area contributed by atoms with Gasteiger partial charge in [-0.05, 0) is 60.1 Å². The van der Waals surface area contributed by atoms with Crippen LogP contribution in [0.2, 0.25) is 0 Å². The SMILES string of the molecule is C1=C\CCCC\C=C/1.F[B-](F)(F)F.F[B-](F)(F)F.F[B-](F)(F)F.[Rh+3].c1ccc(C[C@@H](CPc2ccccc2)Pc2ccccc2)cc1. The molecule has 0 amide bonds. The molecule has 0 bridgehead atoms. The van der Waals surface area contributed by atoms with Crippen molar-refractivity contribution < 1.29 is 71.3 Å². The second-order valence-corrected chi connectivity index (χ2v) is 12.3. The Morgan fingerprint density at radius 1 is 0.511 bits per heavy atom. The summed E-state index contributed by atoms with van der Waals surface area (Å²) in [4.78, 5) is 0. The zero-order valence-electron chi connectivity index (χ0n) is 24.9. The maximum atomic E-state index is 9.75. The predicted octanol–water partition coefficient (Wildman–Crippen LogP) is 11.2. The van der Waals surface area contributed by atoms with Gasteiger partial charge in [0.15, 0.2) is 0 Å². The Labute approximate surface area is 284 Å². The van der Waals surface area contributed by atoms with Crippen LogP contribution in [0.1, 0.15) is 31.2 Å². The molecule has 4 rings (SSSR count). The molecule has 3 aromatic carbocycles. The van der Waals surface area contributed by atoms with Crippen molar-refractivity contribution in [1.29, 1.82) is 0 Å². The van der Waals surface area contributed by atoms with Crippen LogP contribution >= 0.6 is 17.2 Å². The van der Waals surface area contributed by atoms with Crippen LogP contribution in [0.4, 0.5) is 51.8 Å². The van der Waals surface area contributed by atoms with Gasteiger partial charge in [0.25, 0.3) is 0 Å². The molecule has 0 nitrogen and oxygen atoms in total. The van der Waals surface area contributed by atoms with Crippen molar-refractivity contribution in [2.45, 2.75) is 37.8 Å². The quantitative estimate of drug-likeness (QED) is 0.127. The minimum Gasteiger partial charge on any atom is -0.418 e. The van der Waals surface area contributed by atoms with Crippen LogP contribution in [-0.4, -0.2) is 33.6 Å². The minimum absolute atomic E-state index is 0. The normalized spacial score (nSPS) is 15.0. The molecule has 0 aliphatic heterocycles. The van der Waals surface area contributed by atoms with E-state index in [0.717, 1.165) is 22.8 Å². The molecule has 18 heteroatoms. The molecule has 0 radical (unpaired) electrons. The van der Waals surface area contributed by atoms with Crippen molar-refractivity contribution in [3.63, 3.8) is 0 Å². The molecule has 0 fully saturated rings. The molecule has 0 heterocycles. The van der Waals surface area contributed by atoms with Gasteiger partial charge < -0.3 is 51.8 Å². The van der Waals surface area contributed by atoms with Gasteiger partial charge in [0.2, 0.25) is 0 Å².